The monoisotopic (exact) mass is 343 g/mol. The van der Waals surface area contributed by atoms with Crippen molar-refractivity contribution in [2.24, 2.45) is 10.7 Å². The van der Waals surface area contributed by atoms with Crippen LogP contribution in [-0.4, -0.2) is 33.8 Å². The Bertz CT molecular complexity index is 717. The standard InChI is InChI=1S/C19H25N3O3/c1-23-15-10-11-17(24-2)14(13-15)7-6-12-21-19(20)22-16-8-4-5-9-18(16)25-3/h4-5,8-11,13H,6-7,12H2,1-3H3,(H3,20,21,22). The van der Waals surface area contributed by atoms with Crippen molar-refractivity contribution in [2.45, 2.75) is 12.8 Å². The number of anilines is 1. The van der Waals surface area contributed by atoms with Gasteiger partial charge in [0, 0.05) is 6.54 Å². The molecule has 2 aromatic rings. The molecule has 0 spiro atoms. The minimum absolute atomic E-state index is 0.363. The van der Waals surface area contributed by atoms with Crippen LogP contribution in [0.5, 0.6) is 17.2 Å². The summed E-state index contributed by atoms with van der Waals surface area (Å²) in [6.45, 7) is 0.606. The van der Waals surface area contributed by atoms with Gasteiger partial charge in [0.25, 0.3) is 0 Å². The van der Waals surface area contributed by atoms with Crippen molar-refractivity contribution in [3.8, 4) is 17.2 Å². The summed E-state index contributed by atoms with van der Waals surface area (Å²) >= 11 is 0. The molecule has 0 saturated carbocycles. The molecule has 3 N–H and O–H groups in total. The van der Waals surface area contributed by atoms with Crippen molar-refractivity contribution in [3.05, 3.63) is 48.0 Å². The molecule has 0 fully saturated rings. The maximum absolute atomic E-state index is 5.95. The van der Waals surface area contributed by atoms with Crippen LogP contribution in [0.15, 0.2) is 47.5 Å². The number of nitrogens with two attached hydrogens (primary N) is 1. The summed E-state index contributed by atoms with van der Waals surface area (Å²) in [4.78, 5) is 4.36. The molecule has 0 saturated heterocycles. The quantitative estimate of drug-likeness (QED) is 0.437. The van der Waals surface area contributed by atoms with E-state index in [2.05, 4.69) is 10.3 Å². The zero-order chi connectivity index (χ0) is 18.1. The number of hydrogen-bond donors (Lipinski definition) is 2. The first-order chi connectivity index (χ1) is 12.2. The fourth-order valence-electron chi connectivity index (χ4n) is 2.47. The molecule has 0 aliphatic heterocycles. The number of para-hydroxylation sites is 2. The van der Waals surface area contributed by atoms with E-state index >= 15 is 0 Å². The van der Waals surface area contributed by atoms with E-state index in [0.29, 0.717) is 12.5 Å². The lowest BCUT2D eigenvalue weighted by molar-refractivity contribution is 0.398. The molecular formula is C19H25N3O3. The van der Waals surface area contributed by atoms with Crippen LogP contribution in [0.4, 0.5) is 5.69 Å². The van der Waals surface area contributed by atoms with Crippen molar-refractivity contribution < 1.29 is 14.2 Å². The Balaban J connectivity index is 1.90. The molecule has 0 heterocycles. The Morgan fingerprint density at radius 1 is 1.00 bits per heavy atom. The van der Waals surface area contributed by atoms with Crippen LogP contribution in [0, 0.1) is 0 Å². The fourth-order valence-corrected chi connectivity index (χ4v) is 2.47. The van der Waals surface area contributed by atoms with E-state index in [4.69, 9.17) is 19.9 Å². The number of nitrogens with one attached hydrogen (secondary N) is 1. The number of rotatable bonds is 8. The predicted octanol–water partition coefficient (Wildman–Crippen LogP) is 3.07. The van der Waals surface area contributed by atoms with E-state index in [1.165, 1.54) is 0 Å². The number of methoxy groups -OCH3 is 3. The topological polar surface area (TPSA) is 78.1 Å². The van der Waals surface area contributed by atoms with Crippen molar-refractivity contribution >= 4 is 11.6 Å². The Labute approximate surface area is 148 Å². The average molecular weight is 343 g/mol. The Morgan fingerprint density at radius 2 is 1.76 bits per heavy atom. The highest BCUT2D eigenvalue weighted by molar-refractivity contribution is 5.93. The number of benzene rings is 2. The van der Waals surface area contributed by atoms with E-state index in [1.54, 1.807) is 21.3 Å². The van der Waals surface area contributed by atoms with Crippen LogP contribution in [0.25, 0.3) is 0 Å². The van der Waals surface area contributed by atoms with E-state index in [1.807, 2.05) is 42.5 Å². The molecule has 0 aliphatic carbocycles. The molecule has 0 atom stereocenters. The second-order valence-corrected chi connectivity index (χ2v) is 5.37. The Morgan fingerprint density at radius 3 is 2.48 bits per heavy atom. The number of guanidine groups is 1. The van der Waals surface area contributed by atoms with Crippen LogP contribution in [0.2, 0.25) is 0 Å². The van der Waals surface area contributed by atoms with Crippen molar-refractivity contribution in [2.75, 3.05) is 33.2 Å². The highest BCUT2D eigenvalue weighted by Crippen LogP contribution is 2.25. The van der Waals surface area contributed by atoms with Crippen LogP contribution < -0.4 is 25.3 Å². The molecule has 0 aliphatic rings. The first-order valence-corrected chi connectivity index (χ1v) is 8.08. The van der Waals surface area contributed by atoms with Gasteiger partial charge in [0.15, 0.2) is 5.96 Å². The third-order valence-electron chi connectivity index (χ3n) is 3.74. The molecule has 6 heteroatoms. The number of nitrogens with zero attached hydrogens (tertiary/aromatic N) is 1. The highest BCUT2D eigenvalue weighted by Gasteiger charge is 2.05. The number of aliphatic imine (C=N–C) groups is 1. The normalized spacial score (nSPS) is 11.1. The van der Waals surface area contributed by atoms with Gasteiger partial charge in [-0.05, 0) is 48.7 Å². The van der Waals surface area contributed by atoms with Gasteiger partial charge in [-0.1, -0.05) is 12.1 Å². The van der Waals surface area contributed by atoms with Gasteiger partial charge in [-0.3, -0.25) is 4.99 Å². The minimum atomic E-state index is 0.363. The Kier molecular flexibility index (Phi) is 6.95. The van der Waals surface area contributed by atoms with E-state index in [0.717, 1.165) is 41.3 Å². The molecule has 2 aromatic carbocycles. The second kappa shape index (κ2) is 9.42. The predicted molar refractivity (Wildman–Crippen MR) is 101 cm³/mol. The summed E-state index contributed by atoms with van der Waals surface area (Å²) in [5.41, 5.74) is 7.83. The first kappa shape index (κ1) is 18.4. The largest absolute Gasteiger partial charge is 0.497 e. The van der Waals surface area contributed by atoms with Crippen LogP contribution >= 0.6 is 0 Å². The highest BCUT2D eigenvalue weighted by atomic mass is 16.5. The molecule has 0 amide bonds. The zero-order valence-electron chi connectivity index (χ0n) is 14.9. The lowest BCUT2D eigenvalue weighted by Gasteiger charge is -2.11. The molecule has 6 nitrogen and oxygen atoms in total. The van der Waals surface area contributed by atoms with Gasteiger partial charge in [0.2, 0.25) is 0 Å². The summed E-state index contributed by atoms with van der Waals surface area (Å²) in [7, 11) is 4.94. The molecule has 0 unspecified atom stereocenters. The molecule has 0 bridgehead atoms. The summed E-state index contributed by atoms with van der Waals surface area (Å²) in [5, 5.41) is 3.06. The molecule has 0 aromatic heterocycles. The number of aryl methyl sites for hydroxylation is 1. The minimum Gasteiger partial charge on any atom is -0.497 e. The molecule has 0 radical (unpaired) electrons. The molecule has 134 valence electrons. The second-order valence-electron chi connectivity index (χ2n) is 5.37. The Hall–Kier alpha value is -2.89. The molecular weight excluding hydrogens is 318 g/mol. The summed E-state index contributed by atoms with van der Waals surface area (Å²) in [6.07, 6.45) is 1.67. The van der Waals surface area contributed by atoms with Gasteiger partial charge in [-0.2, -0.15) is 0 Å². The van der Waals surface area contributed by atoms with Gasteiger partial charge < -0.3 is 25.3 Å². The third-order valence-corrected chi connectivity index (χ3v) is 3.74. The number of ether oxygens (including phenoxy) is 3. The lowest BCUT2D eigenvalue weighted by Crippen LogP contribution is -2.23. The molecule has 2 rings (SSSR count). The van der Waals surface area contributed by atoms with E-state index < -0.39 is 0 Å². The maximum atomic E-state index is 5.95. The summed E-state index contributed by atoms with van der Waals surface area (Å²) in [5.74, 6) is 2.76. The van der Waals surface area contributed by atoms with Crippen LogP contribution in [-0.2, 0) is 6.42 Å². The van der Waals surface area contributed by atoms with Crippen molar-refractivity contribution in [1.82, 2.24) is 0 Å². The fraction of sp³-hybridized carbons (Fsp3) is 0.316. The van der Waals surface area contributed by atoms with E-state index in [9.17, 15) is 0 Å². The average Bonchev–Trinajstić information content (AvgIpc) is 2.65. The number of hydrogen-bond acceptors (Lipinski definition) is 4. The van der Waals surface area contributed by atoms with Crippen molar-refractivity contribution in [1.29, 1.82) is 0 Å². The van der Waals surface area contributed by atoms with Gasteiger partial charge in [0.05, 0.1) is 27.0 Å². The van der Waals surface area contributed by atoms with E-state index in [-0.39, 0.29) is 0 Å². The van der Waals surface area contributed by atoms with Gasteiger partial charge >= 0.3 is 0 Å². The zero-order valence-corrected chi connectivity index (χ0v) is 14.9. The van der Waals surface area contributed by atoms with Crippen LogP contribution in [0.1, 0.15) is 12.0 Å². The SMILES string of the molecule is COc1ccc(OC)c(CCCN=C(N)Nc2ccccc2OC)c1. The maximum Gasteiger partial charge on any atom is 0.193 e. The lowest BCUT2D eigenvalue weighted by atomic mass is 10.1. The van der Waals surface area contributed by atoms with Gasteiger partial charge in [-0.15, -0.1) is 0 Å². The van der Waals surface area contributed by atoms with Crippen molar-refractivity contribution in [3.63, 3.8) is 0 Å². The smallest absolute Gasteiger partial charge is 0.193 e. The third kappa shape index (κ3) is 5.31. The molecule has 25 heavy (non-hydrogen) atoms. The van der Waals surface area contributed by atoms with Crippen LogP contribution in [0.3, 0.4) is 0 Å². The summed E-state index contributed by atoms with van der Waals surface area (Å²) < 4.78 is 15.9. The summed E-state index contributed by atoms with van der Waals surface area (Å²) in [6, 6.07) is 13.3. The first-order valence-electron chi connectivity index (χ1n) is 8.08. The van der Waals surface area contributed by atoms with Gasteiger partial charge in [0.1, 0.15) is 17.2 Å². The van der Waals surface area contributed by atoms with Gasteiger partial charge in [-0.25, -0.2) is 0 Å².